The molecule has 138 valence electrons. The normalized spacial score (nSPS) is 23.4. The molecule has 0 aromatic heterocycles. The van der Waals surface area contributed by atoms with Crippen molar-refractivity contribution in [2.45, 2.75) is 38.0 Å². The van der Waals surface area contributed by atoms with E-state index in [0.717, 1.165) is 31.1 Å². The van der Waals surface area contributed by atoms with Gasteiger partial charge in [0.15, 0.2) is 18.0 Å². The molecule has 1 atom stereocenters. The maximum Gasteiger partial charge on any atom is 0.490 e. The fraction of sp³-hybridized carbons (Fsp3) is 0.562. The minimum atomic E-state index is -5.19. The van der Waals surface area contributed by atoms with E-state index in [1.807, 2.05) is 0 Å². The number of carbonyl (C=O) groups excluding carboxylic acids is 3. The number of ether oxygens (including phenoxy) is 2. The predicted octanol–water partition coefficient (Wildman–Crippen LogP) is 1.90. The van der Waals surface area contributed by atoms with Crippen LogP contribution in [0.1, 0.15) is 26.2 Å². The minimum Gasteiger partial charge on any atom is -0.483 e. The highest BCUT2D eigenvalue weighted by molar-refractivity contribution is 6.01. The summed E-state index contributed by atoms with van der Waals surface area (Å²) in [6.07, 6.45) is -0.548. The first-order valence-corrected chi connectivity index (χ1v) is 7.84. The lowest BCUT2D eigenvalue weighted by Gasteiger charge is -2.33. The molecule has 1 aliphatic heterocycles. The van der Waals surface area contributed by atoms with Gasteiger partial charge < -0.3 is 14.4 Å². The van der Waals surface area contributed by atoms with Crippen LogP contribution in [-0.2, 0) is 23.9 Å². The summed E-state index contributed by atoms with van der Waals surface area (Å²) >= 11 is 0. The van der Waals surface area contributed by atoms with Gasteiger partial charge in [0.25, 0.3) is 5.91 Å². The number of rotatable bonds is 5. The highest BCUT2D eigenvalue weighted by Crippen LogP contribution is 2.34. The predicted molar refractivity (Wildman–Crippen MR) is 79.2 cm³/mol. The van der Waals surface area contributed by atoms with Crippen molar-refractivity contribution in [3.05, 3.63) is 24.0 Å². The molecule has 2 rings (SSSR count). The van der Waals surface area contributed by atoms with Gasteiger partial charge in [0.1, 0.15) is 5.76 Å². The molecule has 9 heteroatoms. The van der Waals surface area contributed by atoms with E-state index in [2.05, 4.69) is 4.74 Å². The molecule has 0 spiro atoms. The SMILES string of the molecule is CCC1(OC(=O)C(F)(F)F)C=CC(=O)C=C1OCC(=O)N1CCCC1. The van der Waals surface area contributed by atoms with E-state index >= 15 is 0 Å². The van der Waals surface area contributed by atoms with Crippen molar-refractivity contribution in [1.29, 1.82) is 0 Å². The van der Waals surface area contributed by atoms with Crippen LogP contribution in [0.4, 0.5) is 13.2 Å². The van der Waals surface area contributed by atoms with Crippen LogP contribution in [0.15, 0.2) is 24.0 Å². The maximum atomic E-state index is 12.5. The molecule has 1 saturated heterocycles. The van der Waals surface area contributed by atoms with Crippen molar-refractivity contribution in [2.24, 2.45) is 0 Å². The van der Waals surface area contributed by atoms with Crippen molar-refractivity contribution < 1.29 is 37.0 Å². The Morgan fingerprint density at radius 2 is 1.92 bits per heavy atom. The number of amides is 1. The van der Waals surface area contributed by atoms with Gasteiger partial charge in [-0.05, 0) is 31.4 Å². The summed E-state index contributed by atoms with van der Waals surface area (Å²) in [4.78, 5) is 36.4. The van der Waals surface area contributed by atoms with Gasteiger partial charge in [-0.25, -0.2) is 4.79 Å². The van der Waals surface area contributed by atoms with Crippen LogP contribution in [-0.4, -0.2) is 54.0 Å². The van der Waals surface area contributed by atoms with Crippen LogP contribution < -0.4 is 0 Å². The summed E-state index contributed by atoms with van der Waals surface area (Å²) in [6.45, 7) is 2.20. The van der Waals surface area contributed by atoms with Crippen molar-refractivity contribution >= 4 is 17.7 Å². The van der Waals surface area contributed by atoms with Gasteiger partial charge in [0.05, 0.1) is 0 Å². The van der Waals surface area contributed by atoms with Gasteiger partial charge in [0.2, 0.25) is 0 Å². The van der Waals surface area contributed by atoms with E-state index in [9.17, 15) is 27.6 Å². The summed E-state index contributed by atoms with van der Waals surface area (Å²) in [5, 5.41) is 0. The first kappa shape index (κ1) is 19.0. The highest BCUT2D eigenvalue weighted by Gasteiger charge is 2.48. The Labute approximate surface area is 142 Å². The molecule has 1 fully saturated rings. The topological polar surface area (TPSA) is 72.9 Å². The monoisotopic (exact) mass is 361 g/mol. The number of esters is 1. The largest absolute Gasteiger partial charge is 0.490 e. The minimum absolute atomic E-state index is 0.0949. The molecule has 1 amide bonds. The molecule has 1 aliphatic carbocycles. The second-order valence-corrected chi connectivity index (χ2v) is 5.75. The molecule has 0 bridgehead atoms. The fourth-order valence-electron chi connectivity index (χ4n) is 2.63. The lowest BCUT2D eigenvalue weighted by atomic mass is 9.92. The molecular weight excluding hydrogens is 343 g/mol. The third-order valence-corrected chi connectivity index (χ3v) is 4.05. The number of ketones is 1. The Hall–Kier alpha value is -2.32. The standard InChI is InChI=1S/C16H18F3NO5/c1-2-15(25-14(23)16(17,18)19)6-5-11(21)9-12(15)24-10-13(22)20-7-3-4-8-20/h5-6,9H,2-4,7-8,10H2,1H3. The number of alkyl halides is 3. The summed E-state index contributed by atoms with van der Waals surface area (Å²) in [6, 6.07) is 0. The van der Waals surface area contributed by atoms with E-state index in [-0.39, 0.29) is 18.1 Å². The average molecular weight is 361 g/mol. The molecule has 0 aromatic carbocycles. The van der Waals surface area contributed by atoms with E-state index in [1.165, 1.54) is 6.92 Å². The van der Waals surface area contributed by atoms with Gasteiger partial charge in [-0.2, -0.15) is 13.2 Å². The third-order valence-electron chi connectivity index (χ3n) is 4.05. The van der Waals surface area contributed by atoms with Crippen LogP contribution in [0, 0.1) is 0 Å². The second kappa shape index (κ2) is 7.28. The van der Waals surface area contributed by atoms with Crippen LogP contribution >= 0.6 is 0 Å². The maximum absolute atomic E-state index is 12.5. The second-order valence-electron chi connectivity index (χ2n) is 5.75. The van der Waals surface area contributed by atoms with Crippen LogP contribution in [0.25, 0.3) is 0 Å². The average Bonchev–Trinajstić information content (AvgIpc) is 3.08. The first-order valence-electron chi connectivity index (χ1n) is 7.84. The Kier molecular flexibility index (Phi) is 5.54. The van der Waals surface area contributed by atoms with Crippen LogP contribution in [0.2, 0.25) is 0 Å². The highest BCUT2D eigenvalue weighted by atomic mass is 19.4. The number of hydrogen-bond acceptors (Lipinski definition) is 5. The molecule has 6 nitrogen and oxygen atoms in total. The first-order chi connectivity index (χ1) is 11.7. The molecule has 0 saturated carbocycles. The van der Waals surface area contributed by atoms with Crippen molar-refractivity contribution in [3.63, 3.8) is 0 Å². The zero-order valence-corrected chi connectivity index (χ0v) is 13.6. The summed E-state index contributed by atoms with van der Waals surface area (Å²) < 4.78 is 47.5. The van der Waals surface area contributed by atoms with E-state index in [1.54, 1.807) is 4.90 Å². The fourth-order valence-corrected chi connectivity index (χ4v) is 2.63. The van der Waals surface area contributed by atoms with Crippen molar-refractivity contribution in [3.8, 4) is 0 Å². The molecular formula is C16H18F3NO5. The summed E-state index contributed by atoms with van der Waals surface area (Å²) in [5.41, 5.74) is -1.87. The van der Waals surface area contributed by atoms with Gasteiger partial charge in [-0.3, -0.25) is 9.59 Å². The number of allylic oxidation sites excluding steroid dienone is 2. The molecule has 25 heavy (non-hydrogen) atoms. The Balaban J connectivity index is 2.14. The van der Waals surface area contributed by atoms with E-state index < -0.39 is 30.1 Å². The third kappa shape index (κ3) is 4.40. The van der Waals surface area contributed by atoms with Crippen molar-refractivity contribution in [1.82, 2.24) is 4.90 Å². The Morgan fingerprint density at radius 1 is 1.28 bits per heavy atom. The number of hydrogen-bond donors (Lipinski definition) is 0. The van der Waals surface area contributed by atoms with Gasteiger partial charge >= 0.3 is 12.1 Å². The van der Waals surface area contributed by atoms with Gasteiger partial charge in [-0.1, -0.05) is 6.92 Å². The van der Waals surface area contributed by atoms with E-state index in [0.29, 0.717) is 13.1 Å². The lowest BCUT2D eigenvalue weighted by molar-refractivity contribution is -0.210. The van der Waals surface area contributed by atoms with E-state index in [4.69, 9.17) is 4.74 Å². The number of carbonyl (C=O) groups is 3. The zero-order valence-electron chi connectivity index (χ0n) is 13.6. The smallest absolute Gasteiger partial charge is 0.483 e. The molecule has 0 N–H and O–H groups in total. The summed E-state index contributed by atoms with van der Waals surface area (Å²) in [5.74, 6) is -3.55. The molecule has 0 radical (unpaired) electrons. The quantitative estimate of drug-likeness (QED) is 0.700. The van der Waals surface area contributed by atoms with Crippen molar-refractivity contribution in [2.75, 3.05) is 19.7 Å². The van der Waals surface area contributed by atoms with Gasteiger partial charge in [0, 0.05) is 19.2 Å². The van der Waals surface area contributed by atoms with Crippen LogP contribution in [0.3, 0.4) is 0 Å². The van der Waals surface area contributed by atoms with Crippen LogP contribution in [0.5, 0.6) is 0 Å². The number of nitrogens with zero attached hydrogens (tertiary/aromatic N) is 1. The molecule has 1 unspecified atom stereocenters. The Morgan fingerprint density at radius 3 is 2.48 bits per heavy atom. The lowest BCUT2D eigenvalue weighted by Crippen LogP contribution is -2.43. The molecule has 2 aliphatic rings. The Bertz CT molecular complexity index is 620. The summed E-state index contributed by atoms with van der Waals surface area (Å²) in [7, 11) is 0. The number of likely N-dealkylation sites (tertiary alicyclic amines) is 1. The molecule has 1 heterocycles. The molecule has 0 aromatic rings. The number of halogens is 3. The van der Waals surface area contributed by atoms with Gasteiger partial charge in [-0.15, -0.1) is 0 Å². The zero-order chi connectivity index (χ0) is 18.7.